The van der Waals surface area contributed by atoms with Crippen molar-refractivity contribution in [2.45, 2.75) is 19.3 Å². The van der Waals surface area contributed by atoms with Gasteiger partial charge in [0.25, 0.3) is 0 Å². The second-order valence-corrected chi connectivity index (χ2v) is 15.6. The summed E-state index contributed by atoms with van der Waals surface area (Å²) in [5, 5.41) is 9.10. The second-order valence-electron chi connectivity index (χ2n) is 15.6. The van der Waals surface area contributed by atoms with Gasteiger partial charge in [-0.05, 0) is 92.3 Å². The molecule has 0 N–H and O–H groups in total. The first kappa shape index (κ1) is 31.3. The number of hydrogen-bond acceptors (Lipinski definition) is 3. The Bertz CT molecular complexity index is 3420. The molecule has 11 aromatic rings. The van der Waals surface area contributed by atoms with E-state index in [1.165, 1.54) is 38.4 Å². The van der Waals surface area contributed by atoms with Gasteiger partial charge >= 0.3 is 0 Å². The zero-order valence-corrected chi connectivity index (χ0v) is 31.0. The van der Waals surface area contributed by atoms with Crippen LogP contribution in [0.1, 0.15) is 25.0 Å². The molecule has 2 aromatic heterocycles. The molecule has 1 aliphatic carbocycles. The van der Waals surface area contributed by atoms with E-state index >= 15 is 0 Å². The molecule has 0 amide bonds. The number of para-hydroxylation sites is 2. The summed E-state index contributed by atoms with van der Waals surface area (Å²) < 4.78 is 13.6. The molecule has 0 spiro atoms. The van der Waals surface area contributed by atoms with E-state index in [0.29, 0.717) is 0 Å². The molecule has 1 aliphatic rings. The van der Waals surface area contributed by atoms with Crippen LogP contribution in [0, 0.1) is 0 Å². The Morgan fingerprint density at radius 1 is 0.411 bits per heavy atom. The standard InChI is InChI=1S/C53H35NO2/c1-53(2)43-20-9-7-16-38(43)39-26-25-36(31-44(39)53)54(35-24-22-32-12-3-4-14-34(32)30-35)45-27-29-48-51(50-37-15-6-5-13-33(37)23-28-47(50)55-48)49(45)42-19-11-18-41-40-17-8-10-21-46(40)56-52(41)42/h3-31H,1-2H3. The predicted octanol–water partition coefficient (Wildman–Crippen LogP) is 15.2. The average Bonchev–Trinajstić information content (AvgIpc) is 3.89. The molecule has 0 radical (unpaired) electrons. The third kappa shape index (κ3) is 4.34. The number of furan rings is 2. The van der Waals surface area contributed by atoms with Crippen LogP contribution in [-0.4, -0.2) is 0 Å². The molecule has 0 saturated carbocycles. The van der Waals surface area contributed by atoms with Crippen LogP contribution < -0.4 is 4.90 Å². The van der Waals surface area contributed by atoms with Gasteiger partial charge in [-0.25, -0.2) is 0 Å². The fourth-order valence-electron chi connectivity index (χ4n) is 9.60. The third-order valence-electron chi connectivity index (χ3n) is 12.2. The van der Waals surface area contributed by atoms with Gasteiger partial charge in [0.15, 0.2) is 0 Å². The van der Waals surface area contributed by atoms with E-state index < -0.39 is 0 Å². The summed E-state index contributed by atoms with van der Waals surface area (Å²) in [5.41, 5.74) is 13.9. The highest BCUT2D eigenvalue weighted by Gasteiger charge is 2.36. The molecule has 9 aromatic carbocycles. The Kier molecular flexibility index (Phi) is 6.40. The summed E-state index contributed by atoms with van der Waals surface area (Å²) in [6, 6.07) is 63.5. The predicted molar refractivity (Wildman–Crippen MR) is 234 cm³/mol. The molecule has 56 heavy (non-hydrogen) atoms. The molecule has 0 fully saturated rings. The molecule has 264 valence electrons. The Balaban J connectivity index is 1.23. The first-order valence-electron chi connectivity index (χ1n) is 19.3. The molecular formula is C53H35NO2. The summed E-state index contributed by atoms with van der Waals surface area (Å²) in [6.07, 6.45) is 0. The molecule has 0 bridgehead atoms. The minimum absolute atomic E-state index is 0.163. The lowest BCUT2D eigenvalue weighted by atomic mass is 9.82. The fraction of sp³-hybridized carbons (Fsp3) is 0.0566. The monoisotopic (exact) mass is 717 g/mol. The lowest BCUT2D eigenvalue weighted by molar-refractivity contribution is 0.660. The van der Waals surface area contributed by atoms with Gasteiger partial charge in [0.1, 0.15) is 22.3 Å². The van der Waals surface area contributed by atoms with Crippen LogP contribution in [0.5, 0.6) is 0 Å². The van der Waals surface area contributed by atoms with Crippen molar-refractivity contribution in [2.75, 3.05) is 4.90 Å². The van der Waals surface area contributed by atoms with E-state index in [-0.39, 0.29) is 5.41 Å². The number of anilines is 3. The lowest BCUT2D eigenvalue weighted by Crippen LogP contribution is -2.17. The van der Waals surface area contributed by atoms with Gasteiger partial charge in [0.05, 0.1) is 5.69 Å². The topological polar surface area (TPSA) is 29.5 Å². The van der Waals surface area contributed by atoms with Crippen molar-refractivity contribution >= 4 is 82.5 Å². The van der Waals surface area contributed by atoms with Crippen LogP contribution in [0.2, 0.25) is 0 Å². The van der Waals surface area contributed by atoms with E-state index in [4.69, 9.17) is 8.83 Å². The molecule has 0 unspecified atom stereocenters. The van der Waals surface area contributed by atoms with Crippen molar-refractivity contribution in [3.05, 3.63) is 187 Å². The van der Waals surface area contributed by atoms with Crippen molar-refractivity contribution in [1.82, 2.24) is 0 Å². The van der Waals surface area contributed by atoms with E-state index in [1.54, 1.807) is 0 Å². The van der Waals surface area contributed by atoms with E-state index in [1.807, 2.05) is 6.07 Å². The Morgan fingerprint density at radius 3 is 1.96 bits per heavy atom. The smallest absolute Gasteiger partial charge is 0.143 e. The van der Waals surface area contributed by atoms with Gasteiger partial charge in [0, 0.05) is 49.5 Å². The fourth-order valence-corrected chi connectivity index (χ4v) is 9.60. The van der Waals surface area contributed by atoms with Crippen molar-refractivity contribution in [3.63, 3.8) is 0 Å². The van der Waals surface area contributed by atoms with Gasteiger partial charge in [-0.3, -0.25) is 0 Å². The largest absolute Gasteiger partial charge is 0.456 e. The SMILES string of the molecule is CC1(C)c2ccccc2-c2ccc(N(c3ccc4ccccc4c3)c3ccc4oc5ccc6ccccc6c5c4c3-c3cccc4c3oc3ccccc34)cc21. The maximum absolute atomic E-state index is 6.84. The van der Waals surface area contributed by atoms with Gasteiger partial charge in [-0.15, -0.1) is 0 Å². The number of rotatable bonds is 4. The zero-order valence-electron chi connectivity index (χ0n) is 31.0. The van der Waals surface area contributed by atoms with Crippen molar-refractivity contribution in [3.8, 4) is 22.3 Å². The molecule has 0 aliphatic heterocycles. The van der Waals surface area contributed by atoms with Crippen LogP contribution >= 0.6 is 0 Å². The second kappa shape index (κ2) is 11.5. The molecular weight excluding hydrogens is 683 g/mol. The number of benzene rings is 9. The molecule has 0 atom stereocenters. The lowest BCUT2D eigenvalue weighted by Gasteiger charge is -2.30. The van der Waals surface area contributed by atoms with Crippen LogP contribution in [0.25, 0.3) is 87.7 Å². The first-order chi connectivity index (χ1) is 27.5. The number of nitrogens with zero attached hydrogens (tertiary/aromatic N) is 1. The first-order valence-corrected chi connectivity index (χ1v) is 19.3. The third-order valence-corrected chi connectivity index (χ3v) is 12.2. The highest BCUT2D eigenvalue weighted by atomic mass is 16.3. The van der Waals surface area contributed by atoms with Crippen LogP contribution in [0.15, 0.2) is 185 Å². The maximum atomic E-state index is 6.84. The Morgan fingerprint density at radius 2 is 1.05 bits per heavy atom. The van der Waals surface area contributed by atoms with Crippen LogP contribution in [0.4, 0.5) is 17.1 Å². The Labute approximate surface area is 323 Å². The molecule has 3 heteroatoms. The average molecular weight is 718 g/mol. The zero-order chi connectivity index (χ0) is 37.1. The highest BCUT2D eigenvalue weighted by Crippen LogP contribution is 2.54. The summed E-state index contributed by atoms with van der Waals surface area (Å²) in [5.74, 6) is 0. The van der Waals surface area contributed by atoms with E-state index in [9.17, 15) is 0 Å². The van der Waals surface area contributed by atoms with Gasteiger partial charge in [0.2, 0.25) is 0 Å². The molecule has 2 heterocycles. The summed E-state index contributed by atoms with van der Waals surface area (Å²) in [6.45, 7) is 4.70. The number of fused-ring (bicyclic) bond motifs is 12. The molecule has 3 nitrogen and oxygen atoms in total. The van der Waals surface area contributed by atoms with Crippen LogP contribution in [-0.2, 0) is 5.41 Å². The highest BCUT2D eigenvalue weighted by molar-refractivity contribution is 6.26. The quantitative estimate of drug-likeness (QED) is 0.182. The molecule has 12 rings (SSSR count). The van der Waals surface area contributed by atoms with E-state index in [0.717, 1.165) is 77.5 Å². The Hall–Kier alpha value is -7.10. The van der Waals surface area contributed by atoms with Crippen molar-refractivity contribution in [2.24, 2.45) is 0 Å². The summed E-state index contributed by atoms with van der Waals surface area (Å²) in [7, 11) is 0. The minimum Gasteiger partial charge on any atom is -0.456 e. The normalized spacial score (nSPS) is 13.3. The van der Waals surface area contributed by atoms with Gasteiger partial charge < -0.3 is 13.7 Å². The molecule has 0 saturated heterocycles. The summed E-state index contributed by atoms with van der Waals surface area (Å²) in [4.78, 5) is 2.45. The van der Waals surface area contributed by atoms with Crippen molar-refractivity contribution < 1.29 is 8.83 Å². The summed E-state index contributed by atoms with van der Waals surface area (Å²) >= 11 is 0. The van der Waals surface area contributed by atoms with Gasteiger partial charge in [-0.1, -0.05) is 141 Å². The maximum Gasteiger partial charge on any atom is 0.143 e. The minimum atomic E-state index is -0.163. The van der Waals surface area contributed by atoms with Crippen LogP contribution in [0.3, 0.4) is 0 Å². The van der Waals surface area contributed by atoms with Crippen molar-refractivity contribution in [1.29, 1.82) is 0 Å². The number of hydrogen-bond donors (Lipinski definition) is 0. The van der Waals surface area contributed by atoms with E-state index in [2.05, 4.69) is 189 Å². The van der Waals surface area contributed by atoms with Gasteiger partial charge in [-0.2, -0.15) is 0 Å².